The van der Waals surface area contributed by atoms with Crippen molar-refractivity contribution in [2.75, 3.05) is 0 Å². The van der Waals surface area contributed by atoms with Crippen LogP contribution in [-0.4, -0.2) is 9.38 Å². The van der Waals surface area contributed by atoms with Crippen molar-refractivity contribution in [1.82, 2.24) is 9.38 Å². The van der Waals surface area contributed by atoms with Gasteiger partial charge in [0.05, 0.1) is 11.3 Å². The maximum Gasteiger partial charge on any atom is 0.266 e. The van der Waals surface area contributed by atoms with Crippen LogP contribution >= 0.6 is 22.9 Å². The van der Waals surface area contributed by atoms with Crippen LogP contribution in [0.25, 0.3) is 28.2 Å². The Morgan fingerprint density at radius 2 is 1.76 bits per heavy atom. The van der Waals surface area contributed by atoms with E-state index in [2.05, 4.69) is 4.98 Å². The Morgan fingerprint density at radius 3 is 2.52 bits per heavy atom. The smallest absolute Gasteiger partial charge is 0.266 e. The SMILES string of the molecule is O=c1c(-c2ccccc2)c(/C=C/c2ccc(Cl)cc2)nc2sccn12. The lowest BCUT2D eigenvalue weighted by molar-refractivity contribution is 1.07. The topological polar surface area (TPSA) is 34.4 Å². The Labute approximate surface area is 153 Å². The summed E-state index contributed by atoms with van der Waals surface area (Å²) in [6.07, 6.45) is 5.58. The van der Waals surface area contributed by atoms with Gasteiger partial charge in [0.25, 0.3) is 5.56 Å². The molecule has 2 heterocycles. The van der Waals surface area contributed by atoms with E-state index in [0.717, 1.165) is 11.1 Å². The van der Waals surface area contributed by atoms with Gasteiger partial charge >= 0.3 is 0 Å². The van der Waals surface area contributed by atoms with Crippen LogP contribution in [0.15, 0.2) is 71.0 Å². The quantitative estimate of drug-likeness (QED) is 0.497. The number of hydrogen-bond acceptors (Lipinski definition) is 3. The van der Waals surface area contributed by atoms with E-state index in [1.165, 1.54) is 11.3 Å². The third-order valence-electron chi connectivity index (χ3n) is 3.86. The molecule has 0 aliphatic heterocycles. The summed E-state index contributed by atoms with van der Waals surface area (Å²) in [5.74, 6) is 0. The van der Waals surface area contributed by atoms with Crippen LogP contribution < -0.4 is 5.56 Å². The van der Waals surface area contributed by atoms with Crippen molar-refractivity contribution in [2.24, 2.45) is 0 Å². The van der Waals surface area contributed by atoms with Gasteiger partial charge in [-0.3, -0.25) is 9.20 Å². The largest absolute Gasteiger partial charge is 0.268 e. The van der Waals surface area contributed by atoms with Gasteiger partial charge in [-0.1, -0.05) is 60.1 Å². The molecule has 0 fully saturated rings. The van der Waals surface area contributed by atoms with Crippen molar-refractivity contribution in [3.05, 3.63) is 92.8 Å². The highest BCUT2D eigenvalue weighted by atomic mass is 35.5. The summed E-state index contributed by atoms with van der Waals surface area (Å²) >= 11 is 7.37. The van der Waals surface area contributed by atoms with Gasteiger partial charge in [-0.2, -0.15) is 0 Å². The van der Waals surface area contributed by atoms with E-state index < -0.39 is 0 Å². The van der Waals surface area contributed by atoms with Crippen molar-refractivity contribution in [1.29, 1.82) is 0 Å². The van der Waals surface area contributed by atoms with Crippen LogP contribution in [-0.2, 0) is 0 Å². The van der Waals surface area contributed by atoms with E-state index in [4.69, 9.17) is 11.6 Å². The summed E-state index contributed by atoms with van der Waals surface area (Å²) in [4.78, 5) is 18.3. The van der Waals surface area contributed by atoms with E-state index in [-0.39, 0.29) is 5.56 Å². The van der Waals surface area contributed by atoms with Gasteiger partial charge in [-0.05, 0) is 29.3 Å². The number of nitrogens with zero attached hydrogens (tertiary/aromatic N) is 2. The van der Waals surface area contributed by atoms with E-state index in [1.807, 2.05) is 72.1 Å². The molecule has 0 N–H and O–H groups in total. The second kappa shape index (κ2) is 6.67. The summed E-state index contributed by atoms with van der Waals surface area (Å²) in [6, 6.07) is 17.2. The number of benzene rings is 2. The Kier molecular flexibility index (Phi) is 4.22. The molecule has 0 atom stereocenters. The summed E-state index contributed by atoms with van der Waals surface area (Å²) in [5.41, 5.74) is 3.05. The molecule has 0 saturated heterocycles. The van der Waals surface area contributed by atoms with Gasteiger partial charge in [0.2, 0.25) is 0 Å². The van der Waals surface area contributed by atoms with Gasteiger partial charge in [-0.15, -0.1) is 11.3 Å². The Hall–Kier alpha value is -2.69. The molecule has 0 aliphatic rings. The summed E-state index contributed by atoms with van der Waals surface area (Å²) in [5, 5.41) is 2.56. The highest BCUT2D eigenvalue weighted by molar-refractivity contribution is 7.15. The molecule has 0 aliphatic carbocycles. The van der Waals surface area contributed by atoms with Crippen molar-refractivity contribution < 1.29 is 0 Å². The van der Waals surface area contributed by atoms with E-state index in [0.29, 0.717) is 21.2 Å². The van der Waals surface area contributed by atoms with Crippen LogP contribution in [0.2, 0.25) is 5.02 Å². The fourth-order valence-corrected chi connectivity index (χ4v) is 3.48. The second-order valence-corrected chi connectivity index (χ2v) is 6.79. The van der Waals surface area contributed by atoms with Crippen LogP contribution in [0.5, 0.6) is 0 Å². The second-order valence-electron chi connectivity index (χ2n) is 5.48. The zero-order valence-corrected chi connectivity index (χ0v) is 14.7. The van der Waals surface area contributed by atoms with Crippen LogP contribution in [0.3, 0.4) is 0 Å². The number of hydrogen-bond donors (Lipinski definition) is 0. The van der Waals surface area contributed by atoms with E-state index in [1.54, 1.807) is 10.6 Å². The van der Waals surface area contributed by atoms with Crippen LogP contribution in [0, 0.1) is 0 Å². The number of halogens is 1. The molecule has 5 heteroatoms. The van der Waals surface area contributed by atoms with Gasteiger partial charge < -0.3 is 0 Å². The molecule has 0 spiro atoms. The van der Waals surface area contributed by atoms with Gasteiger partial charge in [0.1, 0.15) is 0 Å². The summed E-state index contributed by atoms with van der Waals surface area (Å²) in [6.45, 7) is 0. The summed E-state index contributed by atoms with van der Waals surface area (Å²) < 4.78 is 1.59. The molecule has 0 saturated carbocycles. The summed E-state index contributed by atoms with van der Waals surface area (Å²) in [7, 11) is 0. The molecule has 0 unspecified atom stereocenters. The first-order valence-electron chi connectivity index (χ1n) is 7.71. The standard InChI is InChI=1S/C20H13ClN2OS/c21-16-9-6-14(7-10-16)8-11-17-18(15-4-2-1-3-5-15)19(24)23-12-13-25-20(23)22-17/h1-13H/b11-8+. The first-order chi connectivity index (χ1) is 12.2. The zero-order chi connectivity index (χ0) is 17.2. The third-order valence-corrected chi connectivity index (χ3v) is 4.87. The maximum absolute atomic E-state index is 12.9. The molecule has 0 amide bonds. The Bertz CT molecular complexity index is 1110. The van der Waals surface area contributed by atoms with Crippen molar-refractivity contribution in [3.63, 3.8) is 0 Å². The van der Waals surface area contributed by atoms with Crippen molar-refractivity contribution in [3.8, 4) is 11.1 Å². The average Bonchev–Trinajstić information content (AvgIpc) is 3.11. The molecule has 4 aromatic rings. The molecule has 2 aromatic heterocycles. The Morgan fingerprint density at radius 1 is 1.00 bits per heavy atom. The maximum atomic E-state index is 12.9. The average molecular weight is 365 g/mol. The molecule has 0 bridgehead atoms. The fraction of sp³-hybridized carbons (Fsp3) is 0. The number of thiazole rings is 1. The third kappa shape index (κ3) is 3.14. The predicted octanol–water partition coefficient (Wildman–Crippen LogP) is 5.25. The van der Waals surface area contributed by atoms with E-state index in [9.17, 15) is 4.79 Å². The molecule has 2 aromatic carbocycles. The molecule has 25 heavy (non-hydrogen) atoms. The first-order valence-corrected chi connectivity index (χ1v) is 8.97. The molecule has 4 rings (SSSR count). The molecule has 0 radical (unpaired) electrons. The molecular weight excluding hydrogens is 352 g/mol. The van der Waals surface area contributed by atoms with Gasteiger partial charge in [0.15, 0.2) is 4.96 Å². The number of rotatable bonds is 3. The lowest BCUT2D eigenvalue weighted by Gasteiger charge is -2.06. The van der Waals surface area contributed by atoms with Crippen molar-refractivity contribution >= 4 is 40.1 Å². The molecule has 3 nitrogen and oxygen atoms in total. The van der Waals surface area contributed by atoms with Crippen LogP contribution in [0.1, 0.15) is 11.3 Å². The molecule has 122 valence electrons. The van der Waals surface area contributed by atoms with E-state index >= 15 is 0 Å². The van der Waals surface area contributed by atoms with Gasteiger partial charge in [-0.25, -0.2) is 4.98 Å². The Balaban J connectivity index is 1.90. The first kappa shape index (κ1) is 15.8. The minimum absolute atomic E-state index is 0.0618. The molecular formula is C20H13ClN2OS. The number of aromatic nitrogens is 2. The lowest BCUT2D eigenvalue weighted by Crippen LogP contribution is -2.16. The minimum Gasteiger partial charge on any atom is -0.268 e. The lowest BCUT2D eigenvalue weighted by atomic mass is 10.0. The minimum atomic E-state index is -0.0618. The van der Waals surface area contributed by atoms with Gasteiger partial charge in [0, 0.05) is 16.6 Å². The normalized spacial score (nSPS) is 11.4. The number of fused-ring (bicyclic) bond motifs is 1. The predicted molar refractivity (Wildman–Crippen MR) is 105 cm³/mol. The fourth-order valence-electron chi connectivity index (χ4n) is 2.64. The zero-order valence-electron chi connectivity index (χ0n) is 13.1. The highest BCUT2D eigenvalue weighted by Gasteiger charge is 2.13. The highest BCUT2D eigenvalue weighted by Crippen LogP contribution is 2.22. The monoisotopic (exact) mass is 364 g/mol. The van der Waals surface area contributed by atoms with Crippen LogP contribution in [0.4, 0.5) is 0 Å². The van der Waals surface area contributed by atoms with Crippen molar-refractivity contribution in [2.45, 2.75) is 0 Å².